The average molecular weight is 270 g/mol. The Morgan fingerprint density at radius 1 is 1.32 bits per heavy atom. The van der Waals surface area contributed by atoms with Gasteiger partial charge >= 0.3 is 0 Å². The van der Waals surface area contributed by atoms with E-state index in [1.54, 1.807) is 6.92 Å². The molecule has 1 rings (SSSR count). The first-order chi connectivity index (χ1) is 8.69. The molecule has 106 valence electrons. The predicted octanol–water partition coefficient (Wildman–Crippen LogP) is 2.36. The number of nitrogens with one attached hydrogen (secondary N) is 2. The van der Waals surface area contributed by atoms with Gasteiger partial charge in [-0.15, -0.1) is 0 Å². The molecule has 5 heteroatoms. The van der Waals surface area contributed by atoms with Crippen molar-refractivity contribution in [2.45, 2.75) is 45.8 Å². The van der Waals surface area contributed by atoms with Crippen LogP contribution >= 0.6 is 0 Å². The summed E-state index contributed by atoms with van der Waals surface area (Å²) in [6, 6.07) is 2.78. The van der Waals surface area contributed by atoms with Crippen LogP contribution in [-0.4, -0.2) is 17.5 Å². The lowest BCUT2D eigenvalue weighted by atomic mass is 10.1. The summed E-state index contributed by atoms with van der Waals surface area (Å²) in [5.74, 6) is -1.16. The highest BCUT2D eigenvalue weighted by Gasteiger charge is 2.19. The van der Waals surface area contributed by atoms with Gasteiger partial charge in [0.25, 0.3) is 0 Å². The van der Waals surface area contributed by atoms with E-state index in [0.717, 1.165) is 18.2 Å². The minimum Gasteiger partial charge on any atom is -0.350 e. The Morgan fingerprint density at radius 2 is 1.95 bits per heavy atom. The van der Waals surface area contributed by atoms with Crippen molar-refractivity contribution in [1.82, 2.24) is 10.6 Å². The van der Waals surface area contributed by atoms with Crippen molar-refractivity contribution in [1.29, 1.82) is 0 Å². The topological polar surface area (TPSA) is 41.1 Å². The molecule has 1 aromatic rings. The van der Waals surface area contributed by atoms with Crippen LogP contribution in [-0.2, 0) is 11.3 Å². The van der Waals surface area contributed by atoms with E-state index in [1.165, 1.54) is 0 Å². The number of amides is 1. The van der Waals surface area contributed by atoms with E-state index in [9.17, 15) is 13.6 Å². The highest BCUT2D eigenvalue weighted by atomic mass is 19.1. The van der Waals surface area contributed by atoms with Gasteiger partial charge in [-0.25, -0.2) is 8.78 Å². The van der Waals surface area contributed by atoms with Gasteiger partial charge in [-0.05, 0) is 45.9 Å². The van der Waals surface area contributed by atoms with Gasteiger partial charge in [0.1, 0.15) is 11.6 Å². The second-order valence-electron chi connectivity index (χ2n) is 5.58. The molecule has 0 aliphatic rings. The molecular weight excluding hydrogens is 250 g/mol. The summed E-state index contributed by atoms with van der Waals surface area (Å²) in [4.78, 5) is 11.8. The lowest BCUT2D eigenvalue weighted by molar-refractivity contribution is -0.124. The van der Waals surface area contributed by atoms with Crippen LogP contribution in [0.25, 0.3) is 0 Å². The van der Waals surface area contributed by atoms with E-state index >= 15 is 0 Å². The van der Waals surface area contributed by atoms with Crippen LogP contribution in [0.15, 0.2) is 18.2 Å². The molecule has 1 atom stereocenters. The molecule has 0 radical (unpaired) electrons. The third kappa shape index (κ3) is 5.34. The zero-order chi connectivity index (χ0) is 14.6. The van der Waals surface area contributed by atoms with Gasteiger partial charge in [0, 0.05) is 17.6 Å². The number of rotatable bonds is 4. The van der Waals surface area contributed by atoms with Crippen molar-refractivity contribution in [2.24, 2.45) is 0 Å². The molecule has 0 aliphatic heterocycles. The molecule has 2 N–H and O–H groups in total. The minimum atomic E-state index is -0.495. The molecule has 0 aliphatic carbocycles. The van der Waals surface area contributed by atoms with Crippen molar-refractivity contribution in [3.8, 4) is 0 Å². The SMILES string of the molecule is CC(NCc1cc(F)ccc1F)C(=O)NC(C)(C)C. The molecule has 0 heterocycles. The summed E-state index contributed by atoms with van der Waals surface area (Å²) in [5, 5.41) is 5.68. The maximum absolute atomic E-state index is 13.4. The summed E-state index contributed by atoms with van der Waals surface area (Å²) in [6.45, 7) is 7.41. The second-order valence-corrected chi connectivity index (χ2v) is 5.58. The first kappa shape index (κ1) is 15.6. The van der Waals surface area contributed by atoms with Gasteiger partial charge in [-0.3, -0.25) is 4.79 Å². The van der Waals surface area contributed by atoms with Gasteiger partial charge in [0.05, 0.1) is 6.04 Å². The van der Waals surface area contributed by atoms with Crippen molar-refractivity contribution in [3.63, 3.8) is 0 Å². The van der Waals surface area contributed by atoms with Crippen LogP contribution in [0.1, 0.15) is 33.3 Å². The van der Waals surface area contributed by atoms with Gasteiger partial charge in [0.2, 0.25) is 5.91 Å². The summed E-state index contributed by atoms with van der Waals surface area (Å²) in [5.41, 5.74) is -0.118. The van der Waals surface area contributed by atoms with Gasteiger partial charge in [-0.1, -0.05) is 0 Å². The van der Waals surface area contributed by atoms with Crippen LogP contribution in [0.2, 0.25) is 0 Å². The van der Waals surface area contributed by atoms with E-state index in [0.29, 0.717) is 0 Å². The maximum Gasteiger partial charge on any atom is 0.237 e. The third-order valence-electron chi connectivity index (χ3n) is 2.50. The molecule has 0 saturated carbocycles. The van der Waals surface area contributed by atoms with Gasteiger partial charge in [-0.2, -0.15) is 0 Å². The van der Waals surface area contributed by atoms with E-state index in [2.05, 4.69) is 10.6 Å². The van der Waals surface area contributed by atoms with Crippen molar-refractivity contribution >= 4 is 5.91 Å². The number of benzene rings is 1. The van der Waals surface area contributed by atoms with Crippen LogP contribution in [0.4, 0.5) is 8.78 Å². The minimum absolute atomic E-state index is 0.0995. The molecule has 0 saturated heterocycles. The predicted molar refractivity (Wildman–Crippen MR) is 70.6 cm³/mol. The largest absolute Gasteiger partial charge is 0.350 e. The van der Waals surface area contributed by atoms with E-state index in [-0.39, 0.29) is 23.6 Å². The zero-order valence-electron chi connectivity index (χ0n) is 11.7. The summed E-state index contributed by atoms with van der Waals surface area (Å²) < 4.78 is 26.4. The normalized spacial score (nSPS) is 13.2. The number of hydrogen-bond acceptors (Lipinski definition) is 2. The molecule has 0 bridgehead atoms. The van der Waals surface area contributed by atoms with Crippen LogP contribution in [0.5, 0.6) is 0 Å². The average Bonchev–Trinajstić information content (AvgIpc) is 2.27. The number of halogens is 2. The summed E-state index contributed by atoms with van der Waals surface area (Å²) >= 11 is 0. The molecule has 0 fully saturated rings. The Hall–Kier alpha value is -1.49. The summed E-state index contributed by atoms with van der Waals surface area (Å²) in [7, 11) is 0. The smallest absolute Gasteiger partial charge is 0.237 e. The van der Waals surface area contributed by atoms with E-state index in [4.69, 9.17) is 0 Å². The summed E-state index contributed by atoms with van der Waals surface area (Å²) in [6.07, 6.45) is 0. The van der Waals surface area contributed by atoms with E-state index < -0.39 is 17.7 Å². The van der Waals surface area contributed by atoms with Crippen LogP contribution in [0.3, 0.4) is 0 Å². The van der Waals surface area contributed by atoms with Crippen LogP contribution in [0, 0.1) is 11.6 Å². The second kappa shape index (κ2) is 6.10. The fraction of sp³-hybridized carbons (Fsp3) is 0.500. The van der Waals surface area contributed by atoms with Crippen molar-refractivity contribution in [3.05, 3.63) is 35.4 Å². The molecule has 1 amide bonds. The van der Waals surface area contributed by atoms with Gasteiger partial charge in [0.15, 0.2) is 0 Å². The Morgan fingerprint density at radius 3 is 2.53 bits per heavy atom. The van der Waals surface area contributed by atoms with Crippen LogP contribution < -0.4 is 10.6 Å². The quantitative estimate of drug-likeness (QED) is 0.882. The fourth-order valence-corrected chi connectivity index (χ4v) is 1.51. The third-order valence-corrected chi connectivity index (χ3v) is 2.50. The Kier molecular flexibility index (Phi) is 5.00. The number of hydrogen-bond donors (Lipinski definition) is 2. The molecule has 3 nitrogen and oxygen atoms in total. The molecule has 1 aromatic carbocycles. The number of carbonyl (C=O) groups excluding carboxylic acids is 1. The Balaban J connectivity index is 2.56. The Labute approximate surface area is 112 Å². The monoisotopic (exact) mass is 270 g/mol. The zero-order valence-corrected chi connectivity index (χ0v) is 11.7. The highest BCUT2D eigenvalue weighted by molar-refractivity contribution is 5.81. The molecular formula is C14H20F2N2O. The molecule has 0 spiro atoms. The molecule has 0 aromatic heterocycles. The lowest BCUT2D eigenvalue weighted by Gasteiger charge is -2.23. The lowest BCUT2D eigenvalue weighted by Crippen LogP contribution is -2.49. The van der Waals surface area contributed by atoms with Crippen molar-refractivity contribution in [2.75, 3.05) is 0 Å². The highest BCUT2D eigenvalue weighted by Crippen LogP contribution is 2.09. The fourth-order valence-electron chi connectivity index (χ4n) is 1.51. The van der Waals surface area contributed by atoms with Crippen molar-refractivity contribution < 1.29 is 13.6 Å². The maximum atomic E-state index is 13.4. The molecule has 19 heavy (non-hydrogen) atoms. The molecule has 1 unspecified atom stereocenters. The first-order valence-corrected chi connectivity index (χ1v) is 6.18. The number of carbonyl (C=O) groups is 1. The Bertz CT molecular complexity index is 455. The van der Waals surface area contributed by atoms with E-state index in [1.807, 2.05) is 20.8 Å². The van der Waals surface area contributed by atoms with Gasteiger partial charge < -0.3 is 10.6 Å². The standard InChI is InChI=1S/C14H20F2N2O/c1-9(13(19)18-14(2,3)4)17-8-10-7-11(15)5-6-12(10)16/h5-7,9,17H,8H2,1-4H3,(H,18,19). The first-order valence-electron chi connectivity index (χ1n) is 6.18.